The van der Waals surface area contributed by atoms with Crippen molar-refractivity contribution in [3.05, 3.63) is 59.2 Å². The van der Waals surface area contributed by atoms with Crippen LogP contribution in [-0.4, -0.2) is 18.6 Å². The predicted molar refractivity (Wildman–Crippen MR) is 95.5 cm³/mol. The SMILES string of the molecule is CCOc1ccccc1CNC(=O)C(C)Oc1cc(C)cc(C)c1. The number of hydrogen-bond acceptors (Lipinski definition) is 3. The minimum absolute atomic E-state index is 0.152. The number of nitrogens with one attached hydrogen (secondary N) is 1. The first-order chi connectivity index (χ1) is 11.5. The molecule has 1 amide bonds. The Kier molecular flexibility index (Phi) is 6.24. The first kappa shape index (κ1) is 17.9. The molecule has 0 saturated carbocycles. The van der Waals surface area contributed by atoms with E-state index in [4.69, 9.17) is 9.47 Å². The number of rotatable bonds is 7. The molecule has 1 unspecified atom stereocenters. The van der Waals surface area contributed by atoms with Crippen LogP contribution in [0.1, 0.15) is 30.5 Å². The van der Waals surface area contributed by atoms with Crippen molar-refractivity contribution in [2.24, 2.45) is 0 Å². The Bertz CT molecular complexity index is 677. The van der Waals surface area contributed by atoms with Gasteiger partial charge in [-0.3, -0.25) is 4.79 Å². The normalized spacial score (nSPS) is 11.7. The van der Waals surface area contributed by atoms with E-state index < -0.39 is 6.10 Å². The maximum Gasteiger partial charge on any atom is 0.261 e. The highest BCUT2D eigenvalue weighted by Gasteiger charge is 2.15. The first-order valence-electron chi connectivity index (χ1n) is 8.23. The van der Waals surface area contributed by atoms with Crippen molar-refractivity contribution < 1.29 is 14.3 Å². The van der Waals surface area contributed by atoms with Crippen molar-refractivity contribution in [2.75, 3.05) is 6.61 Å². The summed E-state index contributed by atoms with van der Waals surface area (Å²) in [6, 6.07) is 13.6. The number of ether oxygens (including phenoxy) is 2. The molecule has 2 aromatic carbocycles. The molecule has 0 spiro atoms. The lowest BCUT2D eigenvalue weighted by Crippen LogP contribution is -2.36. The van der Waals surface area contributed by atoms with Crippen molar-refractivity contribution in [1.29, 1.82) is 0 Å². The Morgan fingerprint density at radius 1 is 1.12 bits per heavy atom. The lowest BCUT2D eigenvalue weighted by atomic mass is 10.1. The van der Waals surface area contributed by atoms with Crippen LogP contribution in [0, 0.1) is 13.8 Å². The molecule has 4 heteroatoms. The van der Waals surface area contributed by atoms with Gasteiger partial charge in [0.25, 0.3) is 5.91 Å². The summed E-state index contributed by atoms with van der Waals surface area (Å²) >= 11 is 0. The maximum atomic E-state index is 12.3. The van der Waals surface area contributed by atoms with Crippen LogP contribution >= 0.6 is 0 Å². The molecular weight excluding hydrogens is 302 g/mol. The molecule has 4 nitrogen and oxygen atoms in total. The highest BCUT2D eigenvalue weighted by Crippen LogP contribution is 2.19. The molecule has 0 radical (unpaired) electrons. The number of hydrogen-bond donors (Lipinski definition) is 1. The fourth-order valence-electron chi connectivity index (χ4n) is 2.53. The minimum Gasteiger partial charge on any atom is -0.494 e. The number of benzene rings is 2. The van der Waals surface area contributed by atoms with E-state index in [2.05, 4.69) is 11.4 Å². The summed E-state index contributed by atoms with van der Waals surface area (Å²) in [5, 5.41) is 2.90. The van der Waals surface area contributed by atoms with Crippen molar-refractivity contribution in [2.45, 2.75) is 40.3 Å². The Labute approximate surface area is 143 Å². The lowest BCUT2D eigenvalue weighted by molar-refractivity contribution is -0.127. The van der Waals surface area contributed by atoms with Crippen LogP contribution in [0.5, 0.6) is 11.5 Å². The molecule has 1 N–H and O–H groups in total. The molecule has 2 aromatic rings. The standard InChI is InChI=1S/C20H25NO3/c1-5-23-19-9-7-6-8-17(19)13-21-20(22)16(4)24-18-11-14(2)10-15(3)12-18/h6-12,16H,5,13H2,1-4H3,(H,21,22). The third kappa shape index (κ3) is 5.01. The molecule has 0 aliphatic heterocycles. The van der Waals surface area contributed by atoms with Crippen molar-refractivity contribution in [3.8, 4) is 11.5 Å². The summed E-state index contributed by atoms with van der Waals surface area (Å²) in [6.45, 7) is 8.72. The zero-order chi connectivity index (χ0) is 17.5. The van der Waals surface area contributed by atoms with Crippen LogP contribution in [0.2, 0.25) is 0 Å². The van der Waals surface area contributed by atoms with Gasteiger partial charge in [-0.05, 0) is 57.0 Å². The summed E-state index contributed by atoms with van der Waals surface area (Å²) in [7, 11) is 0. The third-order valence-corrected chi connectivity index (χ3v) is 3.60. The Hall–Kier alpha value is -2.49. The smallest absolute Gasteiger partial charge is 0.261 e. The number of para-hydroxylation sites is 1. The number of aryl methyl sites for hydroxylation is 2. The fraction of sp³-hybridized carbons (Fsp3) is 0.350. The molecule has 128 valence electrons. The number of carbonyl (C=O) groups is 1. The van der Waals surface area contributed by atoms with Gasteiger partial charge in [-0.2, -0.15) is 0 Å². The Balaban J connectivity index is 1.94. The van der Waals surface area contributed by atoms with Crippen LogP contribution in [-0.2, 0) is 11.3 Å². The van der Waals surface area contributed by atoms with Gasteiger partial charge in [0, 0.05) is 12.1 Å². The van der Waals surface area contributed by atoms with Crippen LogP contribution in [0.25, 0.3) is 0 Å². The minimum atomic E-state index is -0.564. The summed E-state index contributed by atoms with van der Waals surface area (Å²) in [4.78, 5) is 12.3. The zero-order valence-corrected chi connectivity index (χ0v) is 14.8. The highest BCUT2D eigenvalue weighted by atomic mass is 16.5. The second-order valence-electron chi connectivity index (χ2n) is 5.84. The molecule has 24 heavy (non-hydrogen) atoms. The predicted octanol–water partition coefficient (Wildman–Crippen LogP) is 3.79. The monoisotopic (exact) mass is 327 g/mol. The maximum absolute atomic E-state index is 12.3. The van der Waals surface area contributed by atoms with Gasteiger partial charge in [0.1, 0.15) is 11.5 Å². The first-order valence-corrected chi connectivity index (χ1v) is 8.23. The van der Waals surface area contributed by atoms with Gasteiger partial charge < -0.3 is 14.8 Å². The molecule has 2 rings (SSSR count). The van der Waals surface area contributed by atoms with Gasteiger partial charge in [-0.15, -0.1) is 0 Å². The zero-order valence-electron chi connectivity index (χ0n) is 14.8. The van der Waals surface area contributed by atoms with Crippen molar-refractivity contribution >= 4 is 5.91 Å². The van der Waals surface area contributed by atoms with E-state index >= 15 is 0 Å². The van der Waals surface area contributed by atoms with Crippen molar-refractivity contribution in [3.63, 3.8) is 0 Å². The summed E-state index contributed by atoms with van der Waals surface area (Å²) in [5.41, 5.74) is 3.18. The lowest BCUT2D eigenvalue weighted by Gasteiger charge is -2.16. The topological polar surface area (TPSA) is 47.6 Å². The second-order valence-corrected chi connectivity index (χ2v) is 5.84. The summed E-state index contributed by atoms with van der Waals surface area (Å²) < 4.78 is 11.3. The molecule has 1 atom stereocenters. The Morgan fingerprint density at radius 2 is 1.79 bits per heavy atom. The average Bonchev–Trinajstić information content (AvgIpc) is 2.53. The summed E-state index contributed by atoms with van der Waals surface area (Å²) in [6.07, 6.45) is -0.564. The van der Waals surface area contributed by atoms with E-state index in [1.54, 1.807) is 6.92 Å². The molecule has 0 saturated heterocycles. The quantitative estimate of drug-likeness (QED) is 0.842. The van der Waals surface area contributed by atoms with Crippen LogP contribution in [0.3, 0.4) is 0 Å². The van der Waals surface area contributed by atoms with Gasteiger partial charge in [0.2, 0.25) is 0 Å². The van der Waals surface area contributed by atoms with Gasteiger partial charge in [0.05, 0.1) is 6.61 Å². The number of carbonyl (C=O) groups excluding carboxylic acids is 1. The van der Waals surface area contributed by atoms with Crippen molar-refractivity contribution in [1.82, 2.24) is 5.32 Å². The van der Waals surface area contributed by atoms with E-state index in [0.717, 1.165) is 22.4 Å². The summed E-state index contributed by atoms with van der Waals surface area (Å²) in [5.74, 6) is 1.36. The van der Waals surface area contributed by atoms with E-state index in [1.165, 1.54) is 0 Å². The molecule has 0 aromatic heterocycles. The van der Waals surface area contributed by atoms with Gasteiger partial charge in [-0.1, -0.05) is 24.3 Å². The third-order valence-electron chi connectivity index (χ3n) is 3.60. The molecule has 0 aliphatic carbocycles. The van der Waals surface area contributed by atoms with Gasteiger partial charge in [-0.25, -0.2) is 0 Å². The second kappa shape index (κ2) is 8.39. The van der Waals surface area contributed by atoms with Crippen LogP contribution in [0.15, 0.2) is 42.5 Å². The van der Waals surface area contributed by atoms with E-state index in [9.17, 15) is 4.79 Å². The largest absolute Gasteiger partial charge is 0.494 e. The van der Waals surface area contributed by atoms with Gasteiger partial charge in [0.15, 0.2) is 6.10 Å². The highest BCUT2D eigenvalue weighted by molar-refractivity contribution is 5.80. The molecule has 0 bridgehead atoms. The number of amides is 1. The van der Waals surface area contributed by atoms with E-state index in [0.29, 0.717) is 18.9 Å². The molecule has 0 fully saturated rings. The molecular formula is C20H25NO3. The van der Waals surface area contributed by atoms with Crippen LogP contribution < -0.4 is 14.8 Å². The van der Waals surface area contributed by atoms with E-state index in [-0.39, 0.29) is 5.91 Å². The van der Waals surface area contributed by atoms with Gasteiger partial charge >= 0.3 is 0 Å². The van der Waals surface area contributed by atoms with E-state index in [1.807, 2.05) is 57.2 Å². The molecule has 0 aliphatic rings. The Morgan fingerprint density at radius 3 is 2.46 bits per heavy atom. The van der Waals surface area contributed by atoms with Crippen LogP contribution in [0.4, 0.5) is 0 Å². The molecule has 0 heterocycles. The average molecular weight is 327 g/mol. The fourth-order valence-corrected chi connectivity index (χ4v) is 2.53.